The number of pyridine rings is 1. The van der Waals surface area contributed by atoms with E-state index in [1.807, 2.05) is 30.0 Å². The molecule has 1 N–H and O–H groups in total. The molecule has 1 aliphatic rings. The predicted octanol–water partition coefficient (Wildman–Crippen LogP) is 3.30. The van der Waals surface area contributed by atoms with E-state index in [0.717, 1.165) is 17.8 Å². The van der Waals surface area contributed by atoms with Crippen molar-refractivity contribution in [3.05, 3.63) is 71.2 Å². The van der Waals surface area contributed by atoms with Gasteiger partial charge < -0.3 is 15.1 Å². The minimum atomic E-state index is -1.64. The minimum Gasteiger partial charge on any atom is -0.352 e. The Bertz CT molecular complexity index is 1100. The molecule has 0 unspecified atom stereocenters. The smallest absolute Gasteiger partial charge is 0.257 e. The highest BCUT2D eigenvalue weighted by atomic mass is 19.2. The molecule has 10 heteroatoms. The molecule has 0 atom stereocenters. The predicted molar refractivity (Wildman–Crippen MR) is 109 cm³/mol. The largest absolute Gasteiger partial charge is 0.352 e. The molecule has 1 aliphatic heterocycles. The van der Waals surface area contributed by atoms with Crippen LogP contribution in [0.1, 0.15) is 16.1 Å². The summed E-state index contributed by atoms with van der Waals surface area (Å²) in [6.45, 7) is 3.35. The first-order valence-corrected chi connectivity index (χ1v) is 9.64. The monoisotopic (exact) mass is 428 g/mol. The van der Waals surface area contributed by atoms with Crippen LogP contribution in [-0.4, -0.2) is 52.2 Å². The molecule has 31 heavy (non-hydrogen) atoms. The maximum absolute atomic E-state index is 13.9. The fourth-order valence-corrected chi connectivity index (χ4v) is 3.30. The Morgan fingerprint density at radius 1 is 0.903 bits per heavy atom. The molecule has 4 rings (SSSR count). The van der Waals surface area contributed by atoms with Crippen LogP contribution in [0.3, 0.4) is 0 Å². The summed E-state index contributed by atoms with van der Waals surface area (Å²) in [4.78, 5) is 20.2. The molecule has 1 saturated heterocycles. The maximum atomic E-state index is 13.9. The second kappa shape index (κ2) is 8.58. The van der Waals surface area contributed by atoms with Crippen LogP contribution in [0.15, 0.2) is 42.5 Å². The third kappa shape index (κ3) is 4.42. The molecular formula is C21H19F3N6O. The summed E-state index contributed by atoms with van der Waals surface area (Å²) in [6, 6.07) is 10.9. The van der Waals surface area contributed by atoms with Gasteiger partial charge >= 0.3 is 0 Å². The fourth-order valence-electron chi connectivity index (χ4n) is 3.30. The van der Waals surface area contributed by atoms with Gasteiger partial charge in [-0.3, -0.25) is 4.79 Å². The zero-order chi connectivity index (χ0) is 22.0. The second-order valence-electron chi connectivity index (χ2n) is 7.07. The molecule has 0 spiro atoms. The van der Waals surface area contributed by atoms with Gasteiger partial charge in [-0.1, -0.05) is 6.07 Å². The highest BCUT2D eigenvalue weighted by molar-refractivity contribution is 5.94. The highest BCUT2D eigenvalue weighted by Gasteiger charge is 2.27. The molecule has 0 bridgehead atoms. The molecule has 1 amide bonds. The van der Waals surface area contributed by atoms with Gasteiger partial charge in [-0.05, 0) is 43.3 Å². The van der Waals surface area contributed by atoms with Gasteiger partial charge in [0.05, 0.1) is 5.56 Å². The number of piperazine rings is 1. The van der Waals surface area contributed by atoms with Gasteiger partial charge in [-0.25, -0.2) is 18.2 Å². The van der Waals surface area contributed by atoms with E-state index in [4.69, 9.17) is 0 Å². The first-order valence-electron chi connectivity index (χ1n) is 9.64. The molecule has 3 heterocycles. The summed E-state index contributed by atoms with van der Waals surface area (Å²) in [7, 11) is 0. The summed E-state index contributed by atoms with van der Waals surface area (Å²) in [5.41, 5.74) is 0.401. The van der Waals surface area contributed by atoms with Crippen molar-refractivity contribution in [3.8, 4) is 0 Å². The van der Waals surface area contributed by atoms with Crippen LogP contribution >= 0.6 is 0 Å². The molecule has 7 nitrogen and oxygen atoms in total. The average Bonchev–Trinajstić information content (AvgIpc) is 2.78. The molecule has 2 aromatic heterocycles. The van der Waals surface area contributed by atoms with E-state index in [1.54, 1.807) is 12.1 Å². The van der Waals surface area contributed by atoms with E-state index in [9.17, 15) is 18.0 Å². The molecular weight excluding hydrogens is 409 g/mol. The van der Waals surface area contributed by atoms with Gasteiger partial charge in [0.2, 0.25) is 0 Å². The highest BCUT2D eigenvalue weighted by Crippen LogP contribution is 2.20. The number of aryl methyl sites for hydroxylation is 1. The van der Waals surface area contributed by atoms with Gasteiger partial charge in [0.25, 0.3) is 5.91 Å². The lowest BCUT2D eigenvalue weighted by atomic mass is 10.1. The van der Waals surface area contributed by atoms with Gasteiger partial charge in [0.15, 0.2) is 29.1 Å². The zero-order valence-electron chi connectivity index (χ0n) is 16.6. The SMILES string of the molecule is Cc1cccc(Nc2ccc(N3CCN(C(=O)c4ccc(F)c(F)c4F)CC3)nn2)n1. The van der Waals surface area contributed by atoms with Crippen LogP contribution in [0.2, 0.25) is 0 Å². The summed E-state index contributed by atoms with van der Waals surface area (Å²) in [6.07, 6.45) is 0. The Morgan fingerprint density at radius 2 is 1.68 bits per heavy atom. The molecule has 0 aliphatic carbocycles. The van der Waals surface area contributed by atoms with E-state index in [1.165, 1.54) is 4.90 Å². The van der Waals surface area contributed by atoms with Crippen molar-refractivity contribution in [1.82, 2.24) is 20.1 Å². The lowest BCUT2D eigenvalue weighted by Gasteiger charge is -2.35. The molecule has 160 valence electrons. The third-order valence-electron chi connectivity index (χ3n) is 4.95. The minimum absolute atomic E-state index is 0.284. The van der Waals surface area contributed by atoms with Crippen molar-refractivity contribution < 1.29 is 18.0 Å². The molecule has 1 aromatic carbocycles. The summed E-state index contributed by atoms with van der Waals surface area (Å²) in [5, 5.41) is 11.5. The van der Waals surface area contributed by atoms with Gasteiger partial charge in [0, 0.05) is 31.9 Å². The van der Waals surface area contributed by atoms with Crippen LogP contribution in [0.4, 0.5) is 30.6 Å². The van der Waals surface area contributed by atoms with E-state index < -0.39 is 28.9 Å². The standard InChI is InChI=1S/C21H19F3N6O/c1-13-3-2-4-16(25-13)26-17-7-8-18(28-27-17)29-9-11-30(12-10-29)21(31)14-5-6-15(22)20(24)19(14)23/h2-8H,9-12H2,1H3,(H,25,26,27). The van der Waals surface area contributed by atoms with Gasteiger partial charge in [-0.15, -0.1) is 10.2 Å². The lowest BCUT2D eigenvalue weighted by Crippen LogP contribution is -2.49. The Kier molecular flexibility index (Phi) is 5.70. The average molecular weight is 428 g/mol. The Balaban J connectivity index is 1.37. The van der Waals surface area contributed by atoms with E-state index in [0.29, 0.717) is 30.5 Å². The van der Waals surface area contributed by atoms with E-state index >= 15 is 0 Å². The zero-order valence-corrected chi connectivity index (χ0v) is 16.6. The fraction of sp³-hybridized carbons (Fsp3) is 0.238. The second-order valence-corrected chi connectivity index (χ2v) is 7.07. The summed E-state index contributed by atoms with van der Waals surface area (Å²) < 4.78 is 40.5. The van der Waals surface area contributed by atoms with Gasteiger partial charge in [-0.2, -0.15) is 0 Å². The molecule has 0 saturated carbocycles. The number of hydrogen-bond acceptors (Lipinski definition) is 6. The number of carbonyl (C=O) groups is 1. The number of nitrogens with one attached hydrogen (secondary N) is 1. The van der Waals surface area contributed by atoms with E-state index in [-0.39, 0.29) is 13.1 Å². The van der Waals surface area contributed by atoms with Crippen molar-refractivity contribution >= 4 is 23.4 Å². The maximum Gasteiger partial charge on any atom is 0.257 e. The molecule has 0 radical (unpaired) electrons. The van der Waals surface area contributed by atoms with Crippen LogP contribution < -0.4 is 10.2 Å². The van der Waals surface area contributed by atoms with Crippen LogP contribution in [0, 0.1) is 24.4 Å². The number of carbonyl (C=O) groups excluding carboxylic acids is 1. The van der Waals surface area contributed by atoms with Crippen molar-refractivity contribution in [2.45, 2.75) is 6.92 Å². The quantitative estimate of drug-likeness (QED) is 0.643. The first-order chi connectivity index (χ1) is 14.9. The van der Waals surface area contributed by atoms with Crippen LogP contribution in [0.25, 0.3) is 0 Å². The first kappa shape index (κ1) is 20.6. The third-order valence-corrected chi connectivity index (χ3v) is 4.95. The van der Waals surface area contributed by atoms with Crippen molar-refractivity contribution in [2.75, 3.05) is 36.4 Å². The number of nitrogens with zero attached hydrogens (tertiary/aromatic N) is 5. The number of amides is 1. The Labute approximate surface area is 176 Å². The summed E-state index contributed by atoms with van der Waals surface area (Å²) in [5.74, 6) is -3.27. The number of hydrogen-bond donors (Lipinski definition) is 1. The number of halogens is 3. The number of benzene rings is 1. The normalized spacial score (nSPS) is 13.9. The Hall–Kier alpha value is -3.69. The van der Waals surface area contributed by atoms with Crippen molar-refractivity contribution in [2.24, 2.45) is 0 Å². The molecule has 3 aromatic rings. The van der Waals surface area contributed by atoms with E-state index in [2.05, 4.69) is 20.5 Å². The van der Waals surface area contributed by atoms with Crippen molar-refractivity contribution in [3.63, 3.8) is 0 Å². The van der Waals surface area contributed by atoms with Crippen molar-refractivity contribution in [1.29, 1.82) is 0 Å². The number of rotatable bonds is 4. The van der Waals surface area contributed by atoms with Crippen LogP contribution in [0.5, 0.6) is 0 Å². The number of anilines is 3. The topological polar surface area (TPSA) is 74.2 Å². The number of aromatic nitrogens is 3. The van der Waals surface area contributed by atoms with Crippen LogP contribution in [-0.2, 0) is 0 Å². The molecule has 1 fully saturated rings. The van der Waals surface area contributed by atoms with Gasteiger partial charge in [0.1, 0.15) is 5.82 Å². The summed E-state index contributed by atoms with van der Waals surface area (Å²) >= 11 is 0. The lowest BCUT2D eigenvalue weighted by molar-refractivity contribution is 0.0740. The Morgan fingerprint density at radius 3 is 2.35 bits per heavy atom.